The third-order valence-corrected chi connectivity index (χ3v) is 5.54. The first-order valence-electron chi connectivity index (χ1n) is 7.83. The maximum atomic E-state index is 12.7. The van der Waals surface area contributed by atoms with E-state index in [2.05, 4.69) is 26.2 Å². The lowest BCUT2D eigenvalue weighted by molar-refractivity contribution is 0.0964. The minimum Gasteiger partial charge on any atom is -0.292 e. The lowest BCUT2D eigenvalue weighted by atomic mass is 10.1. The van der Waals surface area contributed by atoms with Gasteiger partial charge in [-0.05, 0) is 23.8 Å². The van der Waals surface area contributed by atoms with E-state index in [-0.39, 0.29) is 17.9 Å². The van der Waals surface area contributed by atoms with Crippen molar-refractivity contribution < 1.29 is 4.79 Å². The maximum Gasteiger partial charge on any atom is 0.278 e. The molecule has 128 valence electrons. The van der Waals surface area contributed by atoms with Crippen molar-refractivity contribution in [2.75, 3.05) is 0 Å². The van der Waals surface area contributed by atoms with Crippen molar-refractivity contribution in [3.8, 4) is 10.4 Å². The monoisotopic (exact) mass is 425 g/mol. The Hall–Kier alpha value is -2.64. The molecule has 0 saturated carbocycles. The van der Waals surface area contributed by atoms with E-state index in [1.54, 1.807) is 24.3 Å². The third-order valence-electron chi connectivity index (χ3n) is 3.94. The Morgan fingerprint density at radius 3 is 2.54 bits per heavy atom. The first-order valence-corrected chi connectivity index (χ1v) is 9.44. The maximum absolute atomic E-state index is 12.7. The summed E-state index contributed by atoms with van der Waals surface area (Å²) in [5.41, 5.74) is 1.24. The highest BCUT2D eigenvalue weighted by Crippen LogP contribution is 2.30. The third kappa shape index (κ3) is 3.23. The quantitative estimate of drug-likeness (QED) is 0.460. The molecule has 0 N–H and O–H groups in total. The molecule has 0 bridgehead atoms. The zero-order valence-electron chi connectivity index (χ0n) is 13.4. The average molecular weight is 426 g/mol. The lowest BCUT2D eigenvalue weighted by Gasteiger charge is -2.03. The van der Waals surface area contributed by atoms with E-state index in [0.29, 0.717) is 15.8 Å². The van der Waals surface area contributed by atoms with E-state index in [1.165, 1.54) is 11.3 Å². The number of hydrogen-bond donors (Lipinski definition) is 0. The first-order chi connectivity index (χ1) is 12.6. The molecule has 0 unspecified atom stereocenters. The van der Waals surface area contributed by atoms with Crippen LogP contribution in [0, 0.1) is 0 Å². The summed E-state index contributed by atoms with van der Waals surface area (Å²) >= 11 is 4.75. The lowest BCUT2D eigenvalue weighted by Crippen LogP contribution is -2.27. The Balaban J connectivity index is 1.68. The molecule has 0 fully saturated rings. The molecule has 0 aliphatic rings. The molecule has 5 nitrogen and oxygen atoms in total. The van der Waals surface area contributed by atoms with Gasteiger partial charge in [-0.2, -0.15) is 0 Å². The molecule has 2 aromatic heterocycles. The van der Waals surface area contributed by atoms with E-state index in [9.17, 15) is 9.59 Å². The van der Waals surface area contributed by atoms with Crippen LogP contribution in [0.25, 0.3) is 20.7 Å². The molecule has 26 heavy (non-hydrogen) atoms. The van der Waals surface area contributed by atoms with Gasteiger partial charge in [0.15, 0.2) is 10.6 Å². The second-order valence-corrected chi connectivity index (χ2v) is 7.62. The van der Waals surface area contributed by atoms with E-state index in [0.717, 1.165) is 19.6 Å². The summed E-state index contributed by atoms with van der Waals surface area (Å²) in [6.07, 6.45) is 0. The molecule has 4 aromatic rings. The summed E-state index contributed by atoms with van der Waals surface area (Å²) in [6.45, 7) is -0.139. The number of halogens is 1. The number of ketones is 1. The molecule has 2 aromatic carbocycles. The van der Waals surface area contributed by atoms with Crippen molar-refractivity contribution >= 4 is 43.3 Å². The van der Waals surface area contributed by atoms with Gasteiger partial charge in [-0.1, -0.05) is 63.6 Å². The van der Waals surface area contributed by atoms with Crippen LogP contribution in [0.5, 0.6) is 0 Å². The summed E-state index contributed by atoms with van der Waals surface area (Å²) in [4.78, 5) is 26.6. The van der Waals surface area contributed by atoms with Crippen LogP contribution in [0.4, 0.5) is 0 Å². The predicted octanol–water partition coefficient (Wildman–Crippen LogP) is 4.17. The molecule has 0 aliphatic heterocycles. The van der Waals surface area contributed by atoms with Crippen molar-refractivity contribution in [3.63, 3.8) is 0 Å². The van der Waals surface area contributed by atoms with Crippen LogP contribution in [0.2, 0.25) is 0 Å². The van der Waals surface area contributed by atoms with Crippen molar-refractivity contribution in [2.45, 2.75) is 6.54 Å². The smallest absolute Gasteiger partial charge is 0.278 e. The van der Waals surface area contributed by atoms with Crippen LogP contribution in [-0.4, -0.2) is 20.8 Å². The molecule has 2 heterocycles. The molecule has 0 atom stereocenters. The predicted molar refractivity (Wildman–Crippen MR) is 106 cm³/mol. The zero-order valence-corrected chi connectivity index (χ0v) is 15.8. The fourth-order valence-corrected chi connectivity index (χ4v) is 3.83. The fourth-order valence-electron chi connectivity index (χ4n) is 2.59. The van der Waals surface area contributed by atoms with Crippen molar-refractivity contribution in [3.05, 3.63) is 81.1 Å². The number of carbonyl (C=O) groups is 1. The van der Waals surface area contributed by atoms with Gasteiger partial charge in [-0.3, -0.25) is 9.59 Å². The zero-order chi connectivity index (χ0) is 18.1. The number of rotatable bonds is 4. The molecule has 0 spiro atoms. The van der Waals surface area contributed by atoms with Gasteiger partial charge in [0.2, 0.25) is 0 Å². The van der Waals surface area contributed by atoms with Crippen LogP contribution in [0.15, 0.2) is 69.9 Å². The summed E-state index contributed by atoms with van der Waals surface area (Å²) in [7, 11) is 0. The van der Waals surface area contributed by atoms with Gasteiger partial charge in [-0.15, -0.1) is 16.4 Å². The Morgan fingerprint density at radius 2 is 1.81 bits per heavy atom. The van der Waals surface area contributed by atoms with Crippen LogP contribution >= 0.6 is 27.3 Å². The van der Waals surface area contributed by atoms with Gasteiger partial charge in [-0.25, -0.2) is 4.68 Å². The summed E-state index contributed by atoms with van der Waals surface area (Å²) < 4.78 is 2.01. The van der Waals surface area contributed by atoms with Crippen LogP contribution < -0.4 is 5.56 Å². The average Bonchev–Trinajstić information content (AvgIpc) is 3.10. The number of Topliss-reactive ketones (excluding diaryl/α,β-unsaturated/α-hetero) is 1. The van der Waals surface area contributed by atoms with Crippen LogP contribution in [0.1, 0.15) is 10.4 Å². The Labute approximate surface area is 161 Å². The Morgan fingerprint density at radius 1 is 1.08 bits per heavy atom. The van der Waals surface area contributed by atoms with Crippen molar-refractivity contribution in [2.24, 2.45) is 0 Å². The van der Waals surface area contributed by atoms with Crippen LogP contribution in [-0.2, 0) is 6.54 Å². The van der Waals surface area contributed by atoms with Gasteiger partial charge in [0.05, 0.1) is 5.39 Å². The number of carbonyl (C=O) groups excluding carboxylic acids is 1. The van der Waals surface area contributed by atoms with E-state index in [4.69, 9.17) is 0 Å². The number of thiophene rings is 1. The normalized spacial score (nSPS) is 11.0. The Bertz CT molecular complexity index is 1150. The molecule has 7 heteroatoms. The van der Waals surface area contributed by atoms with E-state index >= 15 is 0 Å². The number of nitrogens with zero attached hydrogens (tertiary/aromatic N) is 3. The van der Waals surface area contributed by atoms with Gasteiger partial charge in [0.25, 0.3) is 5.56 Å². The second kappa shape index (κ2) is 6.93. The highest BCUT2D eigenvalue weighted by Gasteiger charge is 2.14. The van der Waals surface area contributed by atoms with Gasteiger partial charge < -0.3 is 0 Å². The second-order valence-electron chi connectivity index (χ2n) is 5.68. The molecular weight excluding hydrogens is 414 g/mol. The van der Waals surface area contributed by atoms with Crippen molar-refractivity contribution in [1.82, 2.24) is 15.0 Å². The molecule has 0 amide bonds. The highest BCUT2D eigenvalue weighted by atomic mass is 79.9. The van der Waals surface area contributed by atoms with Gasteiger partial charge >= 0.3 is 0 Å². The van der Waals surface area contributed by atoms with Gasteiger partial charge in [0, 0.05) is 14.9 Å². The minimum absolute atomic E-state index is 0.139. The SMILES string of the molecule is O=C(Cn1nnc2sc(-c3ccccc3)cc2c1=O)c1ccc(Br)cc1. The number of hydrogen-bond acceptors (Lipinski definition) is 5. The minimum atomic E-state index is -0.307. The van der Waals surface area contributed by atoms with Gasteiger partial charge in [0.1, 0.15) is 6.54 Å². The number of aromatic nitrogens is 3. The molecule has 0 radical (unpaired) electrons. The van der Waals surface area contributed by atoms with E-state index < -0.39 is 0 Å². The molecular formula is C19H12BrN3O2S. The molecule has 0 saturated heterocycles. The van der Waals surface area contributed by atoms with Crippen molar-refractivity contribution in [1.29, 1.82) is 0 Å². The highest BCUT2D eigenvalue weighted by molar-refractivity contribution is 9.10. The van der Waals surface area contributed by atoms with E-state index in [1.807, 2.05) is 36.4 Å². The number of benzene rings is 2. The molecule has 0 aliphatic carbocycles. The van der Waals surface area contributed by atoms with Crippen LogP contribution in [0.3, 0.4) is 0 Å². The summed E-state index contributed by atoms with van der Waals surface area (Å²) in [5, 5.41) is 8.53. The first kappa shape index (κ1) is 16.8. The molecule has 4 rings (SSSR count). The topological polar surface area (TPSA) is 64.8 Å². The Kier molecular flexibility index (Phi) is 4.48. The summed E-state index contributed by atoms with van der Waals surface area (Å²) in [5.74, 6) is -0.188. The standard InChI is InChI=1S/C19H12BrN3O2S/c20-14-8-6-12(7-9-14)16(24)11-23-19(25)15-10-17(26-18(15)21-22-23)13-4-2-1-3-5-13/h1-10H,11H2. The number of fused-ring (bicyclic) bond motifs is 1. The fraction of sp³-hybridized carbons (Fsp3) is 0.0526. The summed E-state index contributed by atoms with van der Waals surface area (Å²) in [6, 6.07) is 18.6. The largest absolute Gasteiger partial charge is 0.292 e.